The summed E-state index contributed by atoms with van der Waals surface area (Å²) in [5.74, 6) is -0.939. The number of aromatic carboxylic acids is 1. The molecule has 2 heterocycles. The zero-order valence-corrected chi connectivity index (χ0v) is 11.0. The monoisotopic (exact) mass is 272 g/mol. The molecular weight excluding hydrogens is 260 g/mol. The van der Waals surface area contributed by atoms with Gasteiger partial charge in [0.1, 0.15) is 10.1 Å². The van der Waals surface area contributed by atoms with E-state index in [0.29, 0.717) is 5.03 Å². The van der Waals surface area contributed by atoms with Crippen LogP contribution in [0.3, 0.4) is 0 Å². The van der Waals surface area contributed by atoms with Crippen LogP contribution >= 0.6 is 11.8 Å². The van der Waals surface area contributed by atoms with Gasteiger partial charge in [0.05, 0.1) is 5.56 Å². The number of aryl methyl sites for hydroxylation is 2. The van der Waals surface area contributed by atoms with Gasteiger partial charge in [-0.3, -0.25) is 0 Å². The van der Waals surface area contributed by atoms with Gasteiger partial charge in [-0.1, -0.05) is 17.8 Å². The van der Waals surface area contributed by atoms with E-state index in [4.69, 9.17) is 5.11 Å². The molecule has 1 aliphatic rings. The number of carbonyl (C=O) groups is 1. The second kappa shape index (κ2) is 5.01. The Balaban J connectivity index is 1.85. The van der Waals surface area contributed by atoms with E-state index >= 15 is 0 Å². The van der Waals surface area contributed by atoms with Crippen molar-refractivity contribution in [3.05, 3.63) is 47.3 Å². The van der Waals surface area contributed by atoms with Crippen molar-refractivity contribution in [2.75, 3.05) is 0 Å². The molecule has 1 N–H and O–H groups in total. The molecule has 0 fully saturated rings. The summed E-state index contributed by atoms with van der Waals surface area (Å²) in [4.78, 5) is 19.7. The lowest BCUT2D eigenvalue weighted by molar-refractivity contribution is 0.0696. The molecule has 2 aromatic heterocycles. The van der Waals surface area contributed by atoms with Crippen molar-refractivity contribution < 1.29 is 9.90 Å². The van der Waals surface area contributed by atoms with Crippen LogP contribution in [0.1, 0.15) is 28.0 Å². The fourth-order valence-corrected chi connectivity index (χ4v) is 2.97. The molecule has 0 spiro atoms. The molecule has 0 radical (unpaired) electrons. The Hall–Kier alpha value is -1.88. The van der Waals surface area contributed by atoms with Gasteiger partial charge in [-0.25, -0.2) is 14.8 Å². The molecule has 1 aliphatic carbocycles. The van der Waals surface area contributed by atoms with Gasteiger partial charge in [-0.05, 0) is 43.0 Å². The number of nitrogens with zero attached hydrogens (tertiary/aromatic N) is 2. The Morgan fingerprint density at radius 3 is 2.95 bits per heavy atom. The zero-order valence-electron chi connectivity index (χ0n) is 10.2. The van der Waals surface area contributed by atoms with E-state index in [2.05, 4.69) is 16.0 Å². The van der Waals surface area contributed by atoms with Crippen LogP contribution in [-0.2, 0) is 12.8 Å². The van der Waals surface area contributed by atoms with Crippen LogP contribution in [0.15, 0.2) is 40.5 Å². The summed E-state index contributed by atoms with van der Waals surface area (Å²) in [6, 6.07) is 7.15. The first-order valence-corrected chi connectivity index (χ1v) is 6.90. The molecule has 0 unspecified atom stereocenters. The molecule has 96 valence electrons. The third-order valence-electron chi connectivity index (χ3n) is 3.09. The van der Waals surface area contributed by atoms with Crippen LogP contribution in [0.5, 0.6) is 0 Å². The maximum Gasteiger partial charge on any atom is 0.335 e. The van der Waals surface area contributed by atoms with E-state index in [1.54, 1.807) is 6.07 Å². The van der Waals surface area contributed by atoms with E-state index in [9.17, 15) is 4.79 Å². The normalized spacial score (nSPS) is 13.3. The minimum Gasteiger partial charge on any atom is -0.478 e. The number of rotatable bonds is 3. The number of hydrogen-bond donors (Lipinski definition) is 1. The topological polar surface area (TPSA) is 63.1 Å². The second-order valence-corrected chi connectivity index (χ2v) is 5.44. The third kappa shape index (κ3) is 2.61. The predicted octanol–water partition coefficient (Wildman–Crippen LogP) is 2.81. The Morgan fingerprint density at radius 1 is 1.21 bits per heavy atom. The zero-order chi connectivity index (χ0) is 13.2. The highest BCUT2D eigenvalue weighted by atomic mass is 32.2. The average molecular weight is 272 g/mol. The van der Waals surface area contributed by atoms with Crippen LogP contribution in [0.25, 0.3) is 0 Å². The number of carboxylic acid groups (broad SMARTS) is 1. The first-order chi connectivity index (χ1) is 9.22. The van der Waals surface area contributed by atoms with Crippen molar-refractivity contribution in [3.8, 4) is 0 Å². The number of pyridine rings is 2. The molecule has 0 saturated heterocycles. The molecule has 0 atom stereocenters. The maximum atomic E-state index is 10.9. The minimum absolute atomic E-state index is 0.249. The van der Waals surface area contributed by atoms with Crippen molar-refractivity contribution in [3.63, 3.8) is 0 Å². The third-order valence-corrected chi connectivity index (χ3v) is 3.96. The average Bonchev–Trinajstić information content (AvgIpc) is 2.86. The van der Waals surface area contributed by atoms with Crippen LogP contribution in [0, 0.1) is 0 Å². The van der Waals surface area contributed by atoms with Crippen molar-refractivity contribution in [2.24, 2.45) is 0 Å². The van der Waals surface area contributed by atoms with Gasteiger partial charge in [-0.2, -0.15) is 0 Å². The molecule has 0 aliphatic heterocycles. The maximum absolute atomic E-state index is 10.9. The van der Waals surface area contributed by atoms with Gasteiger partial charge < -0.3 is 5.11 Å². The Labute approximate surface area is 114 Å². The lowest BCUT2D eigenvalue weighted by Gasteiger charge is -2.04. The van der Waals surface area contributed by atoms with Crippen LogP contribution in [0.2, 0.25) is 0 Å². The van der Waals surface area contributed by atoms with E-state index in [1.165, 1.54) is 41.7 Å². The number of hydrogen-bond acceptors (Lipinski definition) is 4. The van der Waals surface area contributed by atoms with Gasteiger partial charge in [0, 0.05) is 11.9 Å². The van der Waals surface area contributed by atoms with E-state index in [-0.39, 0.29) is 5.56 Å². The van der Waals surface area contributed by atoms with Crippen LogP contribution < -0.4 is 0 Å². The Bertz CT molecular complexity index is 643. The molecule has 3 rings (SSSR count). The summed E-state index contributed by atoms with van der Waals surface area (Å²) in [7, 11) is 0. The molecule has 2 aromatic rings. The van der Waals surface area contributed by atoms with E-state index in [0.717, 1.165) is 17.9 Å². The molecule has 0 bridgehead atoms. The van der Waals surface area contributed by atoms with Gasteiger partial charge in [0.25, 0.3) is 0 Å². The van der Waals surface area contributed by atoms with Crippen LogP contribution in [0.4, 0.5) is 0 Å². The van der Waals surface area contributed by atoms with Crippen molar-refractivity contribution in [2.45, 2.75) is 29.3 Å². The minimum atomic E-state index is -0.939. The smallest absolute Gasteiger partial charge is 0.335 e. The lowest BCUT2D eigenvalue weighted by Crippen LogP contribution is -1.97. The molecule has 0 amide bonds. The number of carboxylic acids is 1. The largest absolute Gasteiger partial charge is 0.478 e. The summed E-state index contributed by atoms with van der Waals surface area (Å²) in [6.07, 6.45) is 4.83. The fraction of sp³-hybridized carbons (Fsp3) is 0.214. The quantitative estimate of drug-likeness (QED) is 0.930. The fourth-order valence-electron chi connectivity index (χ4n) is 2.16. The Morgan fingerprint density at radius 2 is 2.11 bits per heavy atom. The highest BCUT2D eigenvalue weighted by Crippen LogP contribution is 2.28. The summed E-state index contributed by atoms with van der Waals surface area (Å²) in [5.41, 5.74) is 2.75. The van der Waals surface area contributed by atoms with Gasteiger partial charge in [0.15, 0.2) is 0 Å². The summed E-state index contributed by atoms with van der Waals surface area (Å²) < 4.78 is 0. The van der Waals surface area contributed by atoms with Crippen LogP contribution in [-0.4, -0.2) is 21.0 Å². The first kappa shape index (κ1) is 12.2. The Kier molecular flexibility index (Phi) is 3.21. The highest BCUT2D eigenvalue weighted by Gasteiger charge is 2.13. The molecule has 0 saturated carbocycles. The van der Waals surface area contributed by atoms with E-state index < -0.39 is 5.97 Å². The van der Waals surface area contributed by atoms with Crippen molar-refractivity contribution in [1.29, 1.82) is 0 Å². The predicted molar refractivity (Wildman–Crippen MR) is 71.6 cm³/mol. The number of aromatic nitrogens is 2. The molecule has 4 nitrogen and oxygen atoms in total. The van der Waals surface area contributed by atoms with Gasteiger partial charge in [0.2, 0.25) is 0 Å². The first-order valence-electron chi connectivity index (χ1n) is 6.08. The lowest BCUT2D eigenvalue weighted by atomic mass is 10.2. The SMILES string of the molecule is O=C(O)c1ccnc(Sc2ccc3c(n2)CCC3)c1. The molecule has 19 heavy (non-hydrogen) atoms. The van der Waals surface area contributed by atoms with Crippen molar-refractivity contribution in [1.82, 2.24) is 9.97 Å². The van der Waals surface area contributed by atoms with Gasteiger partial charge in [-0.15, -0.1) is 0 Å². The second-order valence-electron chi connectivity index (χ2n) is 4.40. The molecule has 0 aromatic carbocycles. The summed E-state index contributed by atoms with van der Waals surface area (Å²) >= 11 is 1.40. The molecular formula is C14H12N2O2S. The molecule has 5 heteroatoms. The van der Waals surface area contributed by atoms with E-state index in [1.807, 2.05) is 6.07 Å². The van der Waals surface area contributed by atoms with Crippen molar-refractivity contribution >= 4 is 17.7 Å². The highest BCUT2D eigenvalue weighted by molar-refractivity contribution is 7.99. The number of fused-ring (bicyclic) bond motifs is 1. The standard InChI is InChI=1S/C14H12N2O2S/c17-14(18)10-6-7-15-13(8-10)19-12-5-4-9-2-1-3-11(9)16-12/h4-8H,1-3H2,(H,17,18). The summed E-state index contributed by atoms with van der Waals surface area (Å²) in [6.45, 7) is 0. The van der Waals surface area contributed by atoms with Gasteiger partial charge >= 0.3 is 5.97 Å². The summed E-state index contributed by atoms with van der Waals surface area (Å²) in [5, 5.41) is 10.5.